The molecule has 0 aliphatic carbocycles. The normalized spacial score (nSPS) is 27.8. The summed E-state index contributed by atoms with van der Waals surface area (Å²) in [4.78, 5) is 15.1. The van der Waals surface area contributed by atoms with Gasteiger partial charge in [-0.2, -0.15) is 4.98 Å². The van der Waals surface area contributed by atoms with Gasteiger partial charge in [-0.15, -0.1) is 0 Å². The number of nitrogen functional groups attached to an aromatic ring is 1. The smallest absolute Gasteiger partial charge is 0.351 e. The van der Waals surface area contributed by atoms with Crippen molar-refractivity contribution in [2.75, 3.05) is 19.5 Å². The van der Waals surface area contributed by atoms with Gasteiger partial charge in [0.25, 0.3) is 0 Å². The van der Waals surface area contributed by atoms with Crippen molar-refractivity contribution in [2.45, 2.75) is 18.4 Å². The average molecular weight is 250 g/mol. The number of hydrogen-bond donors (Lipinski definition) is 2. The molecule has 3 N–H and O–H groups in total. The summed E-state index contributed by atoms with van der Waals surface area (Å²) in [6, 6.07) is 1.49. The number of methoxy groups -OCH3 is 1. The summed E-state index contributed by atoms with van der Waals surface area (Å²) in [5.74, 6) is 0.147. The van der Waals surface area contributed by atoms with E-state index in [-0.39, 0.29) is 42.0 Å². The second kappa shape index (κ2) is 5.94. The maximum atomic E-state index is 11.5. The van der Waals surface area contributed by atoms with Gasteiger partial charge in [0, 0.05) is 42.9 Å². The first-order chi connectivity index (χ1) is 7.63. The molecule has 0 aromatic carbocycles. The molecule has 1 aromatic rings. The van der Waals surface area contributed by atoms with Crippen molar-refractivity contribution in [1.82, 2.24) is 9.55 Å². The second-order valence-corrected chi connectivity index (χ2v) is 3.53. The molecular weight excluding hydrogens is 237 g/mol. The van der Waals surface area contributed by atoms with Gasteiger partial charge in [-0.25, -0.2) is 4.79 Å². The van der Waals surface area contributed by atoms with Crippen LogP contribution in [0.1, 0.15) is 6.23 Å². The zero-order chi connectivity index (χ0) is 11.7. The number of nitrogens with two attached hydrogens (primary N) is 1. The van der Waals surface area contributed by atoms with Crippen molar-refractivity contribution >= 4 is 35.4 Å². The molecule has 89 valence electrons. The summed E-state index contributed by atoms with van der Waals surface area (Å²) in [6.07, 6.45) is -0.525. The van der Waals surface area contributed by atoms with Crippen molar-refractivity contribution in [3.8, 4) is 0 Å². The molecule has 17 heavy (non-hydrogen) atoms. The Morgan fingerprint density at radius 1 is 1.71 bits per heavy atom. The largest absolute Gasteiger partial charge is 0.388 e. The van der Waals surface area contributed by atoms with Crippen molar-refractivity contribution in [1.29, 1.82) is 0 Å². The molecule has 2 heterocycles. The Hall–Kier alpha value is -0.440. The van der Waals surface area contributed by atoms with Crippen LogP contribution in [0.5, 0.6) is 0 Å². The molecule has 1 aliphatic heterocycles. The van der Waals surface area contributed by atoms with Gasteiger partial charge in [0.1, 0.15) is 18.0 Å². The molecule has 0 saturated carbocycles. The molecule has 1 radical (unpaired) electrons. The summed E-state index contributed by atoms with van der Waals surface area (Å²) in [5.41, 5.74) is 4.85. The van der Waals surface area contributed by atoms with Crippen LogP contribution in [0.4, 0.5) is 5.82 Å². The quantitative estimate of drug-likeness (QED) is 0.610. The van der Waals surface area contributed by atoms with Gasteiger partial charge in [0.05, 0.1) is 6.61 Å². The third kappa shape index (κ3) is 2.87. The Labute approximate surface area is 120 Å². The molecule has 0 bridgehead atoms. The topological polar surface area (TPSA) is 99.6 Å². The molecule has 0 amide bonds. The van der Waals surface area contributed by atoms with Crippen LogP contribution in [-0.4, -0.2) is 70.1 Å². The number of nitrogens with zero attached hydrogens (tertiary/aromatic N) is 2. The predicted octanol–water partition coefficient (Wildman–Crippen LogP) is -1.65. The standard InChI is InChI=1S/C9H13N3O4.Na/c1-15-7-5(13)4-16-8(7)12-3-2-6(10)11-9(12)14;/h2-3,5,7-8,13H,4H2,1H3,(H2,10,11,14);/t5-,7+,8+;/m0./s1. The first kappa shape index (κ1) is 14.6. The van der Waals surface area contributed by atoms with Crippen LogP contribution in [0.2, 0.25) is 0 Å². The fraction of sp³-hybridized carbons (Fsp3) is 0.556. The predicted molar refractivity (Wildman–Crippen MR) is 60.5 cm³/mol. The number of ether oxygens (including phenoxy) is 2. The van der Waals surface area contributed by atoms with E-state index < -0.39 is 24.1 Å². The van der Waals surface area contributed by atoms with Crippen LogP contribution in [0, 0.1) is 0 Å². The minimum absolute atomic E-state index is 0. The maximum absolute atomic E-state index is 11.5. The van der Waals surface area contributed by atoms with Gasteiger partial charge in [0.2, 0.25) is 0 Å². The molecule has 0 spiro atoms. The maximum Gasteiger partial charge on any atom is 0.351 e. The molecule has 1 aromatic heterocycles. The zero-order valence-corrected chi connectivity index (χ0v) is 11.7. The first-order valence-electron chi connectivity index (χ1n) is 4.80. The SMILES string of the molecule is CO[C@H]1[C@H](n2ccc(N)nc2=O)OC[C@@H]1O.[Na]. The van der Waals surface area contributed by atoms with E-state index in [9.17, 15) is 9.90 Å². The second-order valence-electron chi connectivity index (χ2n) is 3.53. The van der Waals surface area contributed by atoms with Crippen molar-refractivity contribution < 1.29 is 14.6 Å². The minimum atomic E-state index is -0.751. The fourth-order valence-electron chi connectivity index (χ4n) is 1.71. The van der Waals surface area contributed by atoms with E-state index in [1.807, 2.05) is 0 Å². The van der Waals surface area contributed by atoms with Crippen LogP contribution in [-0.2, 0) is 9.47 Å². The Balaban J connectivity index is 0.00000144. The summed E-state index contributed by atoms with van der Waals surface area (Å²) >= 11 is 0. The van der Waals surface area contributed by atoms with Gasteiger partial charge in [-0.1, -0.05) is 0 Å². The van der Waals surface area contributed by atoms with E-state index >= 15 is 0 Å². The minimum Gasteiger partial charge on any atom is -0.388 e. The summed E-state index contributed by atoms with van der Waals surface area (Å²) in [5, 5.41) is 9.56. The van der Waals surface area contributed by atoms with Crippen LogP contribution in [0.15, 0.2) is 17.1 Å². The Kier molecular flexibility index (Phi) is 5.11. The molecule has 1 saturated heterocycles. The van der Waals surface area contributed by atoms with Crippen LogP contribution in [0.25, 0.3) is 0 Å². The van der Waals surface area contributed by atoms with Crippen LogP contribution >= 0.6 is 0 Å². The Bertz CT molecular complexity index is 438. The molecule has 0 unspecified atom stereocenters. The molecule has 3 atom stereocenters. The Morgan fingerprint density at radius 3 is 3.00 bits per heavy atom. The molecule has 8 heteroatoms. The van der Waals surface area contributed by atoms with Crippen LogP contribution in [0.3, 0.4) is 0 Å². The third-order valence-electron chi connectivity index (χ3n) is 2.50. The summed E-state index contributed by atoms with van der Waals surface area (Å²) in [7, 11) is 1.45. The van der Waals surface area contributed by atoms with Gasteiger partial charge < -0.3 is 20.3 Å². The van der Waals surface area contributed by atoms with Crippen LogP contribution < -0.4 is 11.4 Å². The van der Waals surface area contributed by atoms with E-state index in [1.165, 1.54) is 23.9 Å². The number of rotatable bonds is 2. The number of hydrogen-bond acceptors (Lipinski definition) is 6. The number of aliphatic hydroxyl groups excluding tert-OH is 1. The van der Waals surface area contributed by atoms with Crippen molar-refractivity contribution in [2.24, 2.45) is 0 Å². The number of anilines is 1. The monoisotopic (exact) mass is 250 g/mol. The number of aliphatic hydroxyl groups is 1. The fourth-order valence-corrected chi connectivity index (χ4v) is 1.71. The van der Waals surface area contributed by atoms with E-state index in [1.54, 1.807) is 0 Å². The van der Waals surface area contributed by atoms with Crippen molar-refractivity contribution in [3.05, 3.63) is 22.7 Å². The van der Waals surface area contributed by atoms with E-state index in [0.29, 0.717) is 0 Å². The molecule has 7 nitrogen and oxygen atoms in total. The van der Waals surface area contributed by atoms with Gasteiger partial charge in [-0.05, 0) is 6.07 Å². The van der Waals surface area contributed by atoms with E-state index in [2.05, 4.69) is 4.98 Å². The summed E-state index contributed by atoms with van der Waals surface area (Å²) < 4.78 is 11.6. The number of aromatic nitrogens is 2. The third-order valence-corrected chi connectivity index (χ3v) is 2.50. The molecule has 2 rings (SSSR count). The summed E-state index contributed by atoms with van der Waals surface area (Å²) in [6.45, 7) is 0.125. The molecule has 1 aliphatic rings. The van der Waals surface area contributed by atoms with Gasteiger partial charge in [-0.3, -0.25) is 4.57 Å². The van der Waals surface area contributed by atoms with Gasteiger partial charge in [0.15, 0.2) is 6.23 Å². The molecular formula is C9H13N3NaO4. The average Bonchev–Trinajstić information content (AvgIpc) is 2.59. The van der Waals surface area contributed by atoms with E-state index in [4.69, 9.17) is 15.2 Å². The molecule has 1 fully saturated rings. The first-order valence-corrected chi connectivity index (χ1v) is 4.80. The zero-order valence-electron chi connectivity index (χ0n) is 9.74. The van der Waals surface area contributed by atoms with Gasteiger partial charge >= 0.3 is 5.69 Å². The Morgan fingerprint density at radius 2 is 2.41 bits per heavy atom. The van der Waals surface area contributed by atoms with Crippen molar-refractivity contribution in [3.63, 3.8) is 0 Å². The van der Waals surface area contributed by atoms with E-state index in [0.717, 1.165) is 0 Å².